The number of amides is 2. The molecule has 0 unspecified atom stereocenters. The molecule has 0 atom stereocenters. The Balaban J connectivity index is 2.24. The van der Waals surface area contributed by atoms with Gasteiger partial charge in [0.15, 0.2) is 0 Å². The molecule has 0 radical (unpaired) electrons. The van der Waals surface area contributed by atoms with Crippen LogP contribution in [-0.2, 0) is 6.42 Å². The number of anilines is 1. The van der Waals surface area contributed by atoms with Crippen molar-refractivity contribution in [3.05, 3.63) is 64.2 Å². The van der Waals surface area contributed by atoms with E-state index in [2.05, 4.69) is 33.8 Å². The molecule has 4 nitrogen and oxygen atoms in total. The molecule has 0 bridgehead atoms. The van der Waals surface area contributed by atoms with Gasteiger partial charge in [-0.1, -0.05) is 58.0 Å². The highest BCUT2D eigenvalue weighted by molar-refractivity contribution is 6.35. The molecule has 0 spiro atoms. The van der Waals surface area contributed by atoms with Crippen LogP contribution >= 0.6 is 0 Å². The molecule has 1 aliphatic rings. The Bertz CT molecular complexity index is 909. The molecule has 2 aromatic rings. The Morgan fingerprint density at radius 1 is 0.923 bits per heavy atom. The maximum Gasteiger partial charge on any atom is 0.266 e. The highest BCUT2D eigenvalue weighted by Gasteiger charge is 2.40. The SMILES string of the molecule is CC(C)c1cccc(C(C)C)c1N1C(=O)c2cccc(CC#N)c2C1=O. The number of nitrogens with zero attached hydrogens (tertiary/aromatic N) is 2. The molecule has 0 fully saturated rings. The number of benzene rings is 2. The monoisotopic (exact) mass is 346 g/mol. The topological polar surface area (TPSA) is 61.2 Å². The summed E-state index contributed by atoms with van der Waals surface area (Å²) >= 11 is 0. The Kier molecular flexibility index (Phi) is 4.65. The molecular formula is C22H22N2O2. The van der Waals surface area contributed by atoms with E-state index in [4.69, 9.17) is 5.26 Å². The minimum Gasteiger partial charge on any atom is -0.268 e. The van der Waals surface area contributed by atoms with E-state index in [0.29, 0.717) is 22.4 Å². The van der Waals surface area contributed by atoms with Crippen LogP contribution in [0.4, 0.5) is 5.69 Å². The lowest BCUT2D eigenvalue weighted by atomic mass is 9.92. The number of para-hydroxylation sites is 1. The normalized spacial score (nSPS) is 13.5. The van der Waals surface area contributed by atoms with Crippen LogP contribution in [-0.4, -0.2) is 11.8 Å². The smallest absolute Gasteiger partial charge is 0.266 e. The second-order valence-corrected chi connectivity index (χ2v) is 7.21. The van der Waals surface area contributed by atoms with Gasteiger partial charge in [0.05, 0.1) is 29.3 Å². The lowest BCUT2D eigenvalue weighted by Gasteiger charge is -2.25. The van der Waals surface area contributed by atoms with Gasteiger partial charge in [0.2, 0.25) is 0 Å². The quantitative estimate of drug-likeness (QED) is 0.747. The molecule has 2 amide bonds. The Labute approximate surface area is 154 Å². The fourth-order valence-electron chi connectivity index (χ4n) is 3.56. The molecule has 0 N–H and O–H groups in total. The molecule has 4 heteroatoms. The van der Waals surface area contributed by atoms with E-state index in [0.717, 1.165) is 11.1 Å². The van der Waals surface area contributed by atoms with Gasteiger partial charge in [-0.05, 0) is 34.6 Å². The first-order chi connectivity index (χ1) is 12.4. The summed E-state index contributed by atoms with van der Waals surface area (Å²) in [6.07, 6.45) is 0.110. The van der Waals surface area contributed by atoms with Gasteiger partial charge in [0, 0.05) is 0 Å². The number of hydrogen-bond donors (Lipinski definition) is 0. The van der Waals surface area contributed by atoms with Gasteiger partial charge in [-0.15, -0.1) is 0 Å². The van der Waals surface area contributed by atoms with Gasteiger partial charge in [-0.25, -0.2) is 4.90 Å². The summed E-state index contributed by atoms with van der Waals surface area (Å²) in [5.74, 6) is -0.288. The fourth-order valence-corrected chi connectivity index (χ4v) is 3.56. The maximum absolute atomic E-state index is 13.2. The summed E-state index contributed by atoms with van der Waals surface area (Å²) in [6, 6.07) is 13.2. The van der Waals surface area contributed by atoms with Crippen molar-refractivity contribution in [2.45, 2.75) is 46.0 Å². The number of hydrogen-bond acceptors (Lipinski definition) is 3. The summed E-state index contributed by atoms with van der Waals surface area (Å²) in [7, 11) is 0. The number of carbonyl (C=O) groups is 2. The van der Waals surface area contributed by atoms with Gasteiger partial charge >= 0.3 is 0 Å². The van der Waals surface area contributed by atoms with E-state index in [1.807, 2.05) is 18.2 Å². The van der Waals surface area contributed by atoms with Crippen LogP contribution in [0.3, 0.4) is 0 Å². The van der Waals surface area contributed by atoms with Crippen molar-refractivity contribution in [3.63, 3.8) is 0 Å². The Morgan fingerprint density at radius 2 is 1.50 bits per heavy atom. The van der Waals surface area contributed by atoms with E-state index in [9.17, 15) is 9.59 Å². The molecule has 132 valence electrons. The first-order valence-electron chi connectivity index (χ1n) is 8.88. The summed E-state index contributed by atoms with van der Waals surface area (Å²) in [5, 5.41) is 9.06. The van der Waals surface area contributed by atoms with Crippen LogP contribution in [0.5, 0.6) is 0 Å². The van der Waals surface area contributed by atoms with Crippen molar-refractivity contribution in [3.8, 4) is 6.07 Å². The molecule has 3 rings (SSSR count). The summed E-state index contributed by atoms with van der Waals surface area (Å²) in [6.45, 7) is 8.23. The molecule has 0 aliphatic carbocycles. The third kappa shape index (κ3) is 2.70. The average molecular weight is 346 g/mol. The Morgan fingerprint density at radius 3 is 2.04 bits per heavy atom. The van der Waals surface area contributed by atoms with Crippen molar-refractivity contribution in [1.82, 2.24) is 0 Å². The molecule has 26 heavy (non-hydrogen) atoms. The second kappa shape index (κ2) is 6.76. The number of rotatable bonds is 4. The zero-order valence-corrected chi connectivity index (χ0v) is 15.5. The number of imide groups is 1. The first-order valence-corrected chi connectivity index (χ1v) is 8.88. The summed E-state index contributed by atoms with van der Waals surface area (Å²) < 4.78 is 0. The highest BCUT2D eigenvalue weighted by Crippen LogP contribution is 2.40. The number of carbonyl (C=O) groups excluding carboxylic acids is 2. The third-order valence-corrected chi connectivity index (χ3v) is 4.84. The highest BCUT2D eigenvalue weighted by atomic mass is 16.2. The van der Waals surface area contributed by atoms with Crippen molar-refractivity contribution in [2.75, 3.05) is 4.90 Å². The predicted octanol–water partition coefficient (Wildman–Crippen LogP) is 4.80. The minimum absolute atomic E-state index is 0.110. The van der Waals surface area contributed by atoms with Crippen molar-refractivity contribution >= 4 is 17.5 Å². The van der Waals surface area contributed by atoms with Crippen molar-refractivity contribution in [2.24, 2.45) is 0 Å². The van der Waals surface area contributed by atoms with E-state index >= 15 is 0 Å². The molecule has 2 aromatic carbocycles. The molecular weight excluding hydrogens is 324 g/mol. The Hall–Kier alpha value is -2.93. The number of nitriles is 1. The molecule has 1 heterocycles. The van der Waals surface area contributed by atoms with Crippen LogP contribution in [0.15, 0.2) is 36.4 Å². The maximum atomic E-state index is 13.2. The van der Waals surface area contributed by atoms with Crippen molar-refractivity contribution in [1.29, 1.82) is 5.26 Å². The van der Waals surface area contributed by atoms with Gasteiger partial charge < -0.3 is 0 Å². The first kappa shape index (κ1) is 17.9. The van der Waals surface area contributed by atoms with E-state index < -0.39 is 0 Å². The van der Waals surface area contributed by atoms with E-state index in [-0.39, 0.29) is 30.1 Å². The second-order valence-electron chi connectivity index (χ2n) is 7.21. The average Bonchev–Trinajstić information content (AvgIpc) is 2.86. The number of fused-ring (bicyclic) bond motifs is 1. The lowest BCUT2D eigenvalue weighted by molar-refractivity contribution is 0.0925. The minimum atomic E-state index is -0.328. The van der Waals surface area contributed by atoms with Gasteiger partial charge in [0.1, 0.15) is 0 Å². The lowest BCUT2D eigenvalue weighted by Crippen LogP contribution is -2.32. The molecule has 1 aliphatic heterocycles. The van der Waals surface area contributed by atoms with Gasteiger partial charge in [-0.2, -0.15) is 5.26 Å². The molecule has 0 saturated heterocycles. The van der Waals surface area contributed by atoms with Crippen molar-refractivity contribution < 1.29 is 9.59 Å². The van der Waals surface area contributed by atoms with Crippen LogP contribution in [0, 0.1) is 11.3 Å². The molecule has 0 aromatic heterocycles. The zero-order chi connectivity index (χ0) is 19.0. The van der Waals surface area contributed by atoms with Gasteiger partial charge in [-0.3, -0.25) is 9.59 Å². The fraction of sp³-hybridized carbons (Fsp3) is 0.318. The zero-order valence-electron chi connectivity index (χ0n) is 15.5. The standard InChI is InChI=1S/C22H22N2O2/c1-13(2)16-8-6-9-17(14(3)4)20(16)24-21(25)18-10-5-7-15(11-12-23)19(18)22(24)26/h5-10,13-14H,11H2,1-4H3. The van der Waals surface area contributed by atoms with Crippen LogP contribution in [0.25, 0.3) is 0 Å². The van der Waals surface area contributed by atoms with Crippen LogP contribution in [0.1, 0.15) is 76.9 Å². The van der Waals surface area contributed by atoms with Crippen LogP contribution < -0.4 is 4.90 Å². The van der Waals surface area contributed by atoms with E-state index in [1.54, 1.807) is 18.2 Å². The third-order valence-electron chi connectivity index (χ3n) is 4.84. The summed E-state index contributed by atoms with van der Waals surface area (Å²) in [5.41, 5.74) is 4.02. The predicted molar refractivity (Wildman–Crippen MR) is 102 cm³/mol. The summed E-state index contributed by atoms with van der Waals surface area (Å²) in [4.78, 5) is 27.7. The largest absolute Gasteiger partial charge is 0.268 e. The van der Waals surface area contributed by atoms with Gasteiger partial charge in [0.25, 0.3) is 11.8 Å². The van der Waals surface area contributed by atoms with E-state index in [1.165, 1.54) is 4.90 Å². The molecule has 0 saturated carbocycles. The van der Waals surface area contributed by atoms with Crippen LogP contribution in [0.2, 0.25) is 0 Å².